The molecule has 0 unspecified atom stereocenters. The van der Waals surface area contributed by atoms with E-state index >= 15 is 0 Å². The number of rotatable bonds is 13. The van der Waals surface area contributed by atoms with Gasteiger partial charge in [-0.1, -0.05) is 83.9 Å². The molecule has 0 saturated heterocycles. The SMILES string of the molecule is CCNC(=O)[C@@H](Cc1ccccc1)N(Cc1ccccc1C)C(=O)CN(c1ccc(OC)c(Cl)c1)S(=O)(=O)c1ccc(C)cc1. The number of methoxy groups -OCH3 is 1. The van der Waals surface area contributed by atoms with Gasteiger partial charge in [-0.3, -0.25) is 13.9 Å². The Morgan fingerprint density at radius 1 is 0.911 bits per heavy atom. The maximum atomic E-state index is 14.5. The normalized spacial score (nSPS) is 11.8. The molecule has 45 heavy (non-hydrogen) atoms. The van der Waals surface area contributed by atoms with Gasteiger partial charge in [-0.2, -0.15) is 0 Å². The van der Waals surface area contributed by atoms with Gasteiger partial charge in [0.2, 0.25) is 11.8 Å². The first-order valence-corrected chi connectivity index (χ1v) is 16.5. The van der Waals surface area contributed by atoms with Crippen LogP contribution in [0.15, 0.2) is 102 Å². The van der Waals surface area contributed by atoms with E-state index in [1.54, 1.807) is 24.3 Å². The van der Waals surface area contributed by atoms with Crippen LogP contribution in [0.1, 0.15) is 29.2 Å². The Labute approximate surface area is 270 Å². The van der Waals surface area contributed by atoms with Gasteiger partial charge in [-0.25, -0.2) is 8.42 Å². The molecule has 0 aromatic heterocycles. The van der Waals surface area contributed by atoms with E-state index < -0.39 is 28.5 Å². The summed E-state index contributed by atoms with van der Waals surface area (Å²) in [6.07, 6.45) is 0.239. The lowest BCUT2D eigenvalue weighted by Crippen LogP contribution is -2.53. The minimum Gasteiger partial charge on any atom is -0.495 e. The molecule has 4 rings (SSSR count). The van der Waals surface area contributed by atoms with Crippen LogP contribution < -0.4 is 14.4 Å². The Morgan fingerprint density at radius 2 is 1.58 bits per heavy atom. The number of nitrogens with zero attached hydrogens (tertiary/aromatic N) is 2. The van der Waals surface area contributed by atoms with Crippen LogP contribution >= 0.6 is 11.6 Å². The van der Waals surface area contributed by atoms with E-state index in [2.05, 4.69) is 5.32 Å². The number of hydrogen-bond donors (Lipinski definition) is 1. The molecule has 1 N–H and O–H groups in total. The van der Waals surface area contributed by atoms with Crippen LogP contribution in [0.2, 0.25) is 5.02 Å². The highest BCUT2D eigenvalue weighted by molar-refractivity contribution is 7.92. The molecule has 0 radical (unpaired) electrons. The molecule has 236 valence electrons. The predicted octanol–water partition coefficient (Wildman–Crippen LogP) is 5.94. The first kappa shape index (κ1) is 33.6. The highest BCUT2D eigenvalue weighted by Crippen LogP contribution is 2.32. The van der Waals surface area contributed by atoms with E-state index in [0.29, 0.717) is 12.3 Å². The smallest absolute Gasteiger partial charge is 0.264 e. The van der Waals surface area contributed by atoms with Gasteiger partial charge in [0.1, 0.15) is 18.3 Å². The number of nitrogens with one attached hydrogen (secondary N) is 1. The number of carbonyl (C=O) groups excluding carboxylic acids is 2. The molecule has 0 saturated carbocycles. The van der Waals surface area contributed by atoms with Crippen molar-refractivity contribution in [3.05, 3.63) is 124 Å². The number of likely N-dealkylation sites (N-methyl/N-ethyl adjacent to an activating group) is 1. The van der Waals surface area contributed by atoms with Crippen molar-refractivity contribution < 1.29 is 22.7 Å². The quantitative estimate of drug-likeness (QED) is 0.194. The van der Waals surface area contributed by atoms with E-state index in [0.717, 1.165) is 26.6 Å². The van der Waals surface area contributed by atoms with Crippen LogP contribution in [0.5, 0.6) is 5.75 Å². The molecule has 4 aromatic carbocycles. The Bertz CT molecular complexity index is 1730. The number of carbonyl (C=O) groups is 2. The first-order valence-electron chi connectivity index (χ1n) is 14.6. The summed E-state index contributed by atoms with van der Waals surface area (Å²) < 4.78 is 34.7. The van der Waals surface area contributed by atoms with Crippen LogP contribution in [0.4, 0.5) is 5.69 Å². The lowest BCUT2D eigenvalue weighted by molar-refractivity contribution is -0.140. The van der Waals surface area contributed by atoms with Crippen molar-refractivity contribution in [1.29, 1.82) is 0 Å². The number of aryl methyl sites for hydroxylation is 2. The van der Waals surface area contributed by atoms with E-state index in [9.17, 15) is 18.0 Å². The van der Waals surface area contributed by atoms with Gasteiger partial charge in [-0.15, -0.1) is 0 Å². The molecule has 0 aliphatic heterocycles. The van der Waals surface area contributed by atoms with Crippen LogP contribution in [0, 0.1) is 13.8 Å². The standard InChI is InChI=1S/C35H38ClN3O5S/c1-5-37-35(41)32(21-27-12-7-6-8-13-27)38(23-28-14-10-9-11-26(28)3)34(40)24-39(29-17-20-33(44-4)31(36)22-29)45(42,43)30-18-15-25(2)16-19-30/h6-20,22,32H,5,21,23-24H2,1-4H3,(H,37,41)/t32-/m1/s1. The molecule has 0 bridgehead atoms. The Balaban J connectivity index is 1.83. The second kappa shape index (κ2) is 15.1. The van der Waals surface area contributed by atoms with Crippen molar-refractivity contribution in [3.63, 3.8) is 0 Å². The zero-order valence-electron chi connectivity index (χ0n) is 25.9. The van der Waals surface area contributed by atoms with Crippen molar-refractivity contribution in [2.24, 2.45) is 0 Å². The second-order valence-corrected chi connectivity index (χ2v) is 13.0. The highest BCUT2D eigenvalue weighted by atomic mass is 35.5. The zero-order valence-corrected chi connectivity index (χ0v) is 27.4. The highest BCUT2D eigenvalue weighted by Gasteiger charge is 2.35. The molecule has 0 aliphatic carbocycles. The molecule has 4 aromatic rings. The fourth-order valence-electron chi connectivity index (χ4n) is 4.99. The van der Waals surface area contributed by atoms with Crippen LogP contribution in [0.3, 0.4) is 0 Å². The Hall–Kier alpha value is -4.34. The molecule has 1 atom stereocenters. The van der Waals surface area contributed by atoms with Crippen molar-refractivity contribution in [2.45, 2.75) is 44.7 Å². The molecular formula is C35H38ClN3O5S. The third kappa shape index (κ3) is 8.23. The number of hydrogen-bond acceptors (Lipinski definition) is 5. The summed E-state index contributed by atoms with van der Waals surface area (Å²) in [6, 6.07) is 27.1. The Kier molecular flexibility index (Phi) is 11.3. The predicted molar refractivity (Wildman–Crippen MR) is 178 cm³/mol. The Morgan fingerprint density at radius 3 is 2.20 bits per heavy atom. The maximum Gasteiger partial charge on any atom is 0.264 e. The lowest BCUT2D eigenvalue weighted by atomic mass is 10.0. The molecule has 0 heterocycles. The van der Waals surface area contributed by atoms with Gasteiger partial charge < -0.3 is 15.0 Å². The van der Waals surface area contributed by atoms with Gasteiger partial charge in [0.15, 0.2) is 0 Å². The summed E-state index contributed by atoms with van der Waals surface area (Å²) in [7, 11) is -2.78. The number of amides is 2. The monoisotopic (exact) mass is 647 g/mol. The van der Waals surface area contributed by atoms with Crippen LogP contribution in [-0.2, 0) is 32.6 Å². The van der Waals surface area contributed by atoms with E-state index in [1.807, 2.05) is 75.4 Å². The fraction of sp³-hybridized carbons (Fsp3) is 0.257. The molecular weight excluding hydrogens is 610 g/mol. The van der Waals surface area contributed by atoms with Crippen molar-refractivity contribution in [3.8, 4) is 5.75 Å². The molecule has 2 amide bonds. The van der Waals surface area contributed by atoms with Crippen LogP contribution in [-0.4, -0.2) is 51.4 Å². The number of benzene rings is 4. The largest absolute Gasteiger partial charge is 0.495 e. The van der Waals surface area contributed by atoms with Gasteiger partial charge in [0.25, 0.3) is 10.0 Å². The maximum absolute atomic E-state index is 14.5. The van der Waals surface area contributed by atoms with E-state index in [1.165, 1.54) is 30.2 Å². The first-order chi connectivity index (χ1) is 21.5. The van der Waals surface area contributed by atoms with Crippen LogP contribution in [0.25, 0.3) is 0 Å². The summed E-state index contributed by atoms with van der Waals surface area (Å²) in [5.74, 6) is -0.517. The third-order valence-electron chi connectivity index (χ3n) is 7.54. The van der Waals surface area contributed by atoms with Crippen molar-refractivity contribution in [2.75, 3.05) is 24.5 Å². The van der Waals surface area contributed by atoms with Crippen molar-refractivity contribution >= 4 is 39.1 Å². The summed E-state index contributed by atoms with van der Waals surface area (Å²) in [4.78, 5) is 29.6. The number of sulfonamides is 1. The third-order valence-corrected chi connectivity index (χ3v) is 9.62. The second-order valence-electron chi connectivity index (χ2n) is 10.7. The summed E-state index contributed by atoms with van der Waals surface area (Å²) in [5, 5.41) is 3.06. The van der Waals surface area contributed by atoms with E-state index in [-0.39, 0.29) is 34.5 Å². The topological polar surface area (TPSA) is 96.0 Å². The van der Waals surface area contributed by atoms with Gasteiger partial charge in [-0.05, 0) is 67.8 Å². The van der Waals surface area contributed by atoms with E-state index in [4.69, 9.17) is 16.3 Å². The molecule has 8 nitrogen and oxygen atoms in total. The minimum absolute atomic E-state index is 0.0165. The average molecular weight is 648 g/mol. The molecule has 0 aliphatic rings. The average Bonchev–Trinajstić information content (AvgIpc) is 3.03. The zero-order chi connectivity index (χ0) is 32.6. The van der Waals surface area contributed by atoms with Crippen molar-refractivity contribution in [1.82, 2.24) is 10.2 Å². The summed E-state index contributed by atoms with van der Waals surface area (Å²) >= 11 is 6.44. The fourth-order valence-corrected chi connectivity index (χ4v) is 6.65. The van der Waals surface area contributed by atoms with Gasteiger partial charge >= 0.3 is 0 Å². The van der Waals surface area contributed by atoms with Gasteiger partial charge in [0.05, 0.1) is 22.7 Å². The molecule has 0 spiro atoms. The summed E-state index contributed by atoms with van der Waals surface area (Å²) in [5.41, 5.74) is 3.72. The minimum atomic E-state index is -4.25. The molecule has 0 fully saturated rings. The summed E-state index contributed by atoms with van der Waals surface area (Å²) in [6.45, 7) is 5.50. The lowest BCUT2D eigenvalue weighted by Gasteiger charge is -2.34. The number of halogens is 1. The number of anilines is 1. The molecule has 10 heteroatoms. The van der Waals surface area contributed by atoms with Gasteiger partial charge in [0, 0.05) is 19.5 Å². The number of ether oxygens (including phenoxy) is 1.